The van der Waals surface area contributed by atoms with E-state index in [9.17, 15) is 9.59 Å². The van der Waals surface area contributed by atoms with Crippen molar-refractivity contribution in [1.82, 2.24) is 9.80 Å². The first-order chi connectivity index (χ1) is 14.1. The number of ether oxygens (including phenoxy) is 2. The number of benzene rings is 2. The Bertz CT molecular complexity index is 913. The first-order valence-electron chi connectivity index (χ1n) is 9.73. The molecule has 152 valence electrons. The molecule has 0 atom stereocenters. The first kappa shape index (κ1) is 19.1. The fourth-order valence-corrected chi connectivity index (χ4v) is 3.86. The topological polar surface area (TPSA) is 62.3 Å². The van der Waals surface area contributed by atoms with Crippen LogP contribution in [0.15, 0.2) is 42.5 Å². The Labute approximate surface area is 170 Å². The fourth-order valence-electron chi connectivity index (χ4n) is 3.86. The van der Waals surface area contributed by atoms with Crippen LogP contribution in [0.1, 0.15) is 11.1 Å². The molecule has 2 heterocycles. The van der Waals surface area contributed by atoms with Crippen LogP contribution >= 0.6 is 0 Å². The van der Waals surface area contributed by atoms with E-state index in [1.165, 1.54) is 5.56 Å². The van der Waals surface area contributed by atoms with Crippen LogP contribution in [0.2, 0.25) is 0 Å². The Balaban J connectivity index is 1.38. The van der Waals surface area contributed by atoms with Crippen molar-refractivity contribution in [2.45, 2.75) is 13.0 Å². The zero-order valence-electron chi connectivity index (χ0n) is 16.8. The van der Waals surface area contributed by atoms with E-state index in [1.807, 2.05) is 47.4 Å². The molecule has 1 saturated heterocycles. The maximum atomic E-state index is 12.8. The second-order valence-electron chi connectivity index (χ2n) is 7.25. The van der Waals surface area contributed by atoms with Crippen molar-refractivity contribution >= 4 is 17.6 Å². The lowest BCUT2D eigenvalue weighted by Crippen LogP contribution is -2.44. The molecule has 7 heteroatoms. The highest BCUT2D eigenvalue weighted by molar-refractivity contribution is 5.96. The van der Waals surface area contributed by atoms with Gasteiger partial charge in [-0.25, -0.2) is 4.79 Å². The summed E-state index contributed by atoms with van der Waals surface area (Å²) in [7, 11) is 3.27. The third-order valence-corrected chi connectivity index (χ3v) is 5.58. The number of hydrogen-bond acceptors (Lipinski definition) is 4. The van der Waals surface area contributed by atoms with E-state index < -0.39 is 0 Å². The molecule has 2 aromatic carbocycles. The second-order valence-corrected chi connectivity index (χ2v) is 7.25. The van der Waals surface area contributed by atoms with E-state index in [0.717, 1.165) is 29.2 Å². The molecule has 2 aliphatic heterocycles. The molecule has 0 N–H and O–H groups in total. The number of hydrogen-bond donors (Lipinski definition) is 0. The number of carbonyl (C=O) groups is 2. The number of fused-ring (bicyclic) bond motifs is 1. The lowest BCUT2D eigenvalue weighted by molar-refractivity contribution is -0.132. The van der Waals surface area contributed by atoms with Gasteiger partial charge in [-0.2, -0.15) is 0 Å². The van der Waals surface area contributed by atoms with Crippen molar-refractivity contribution in [3.63, 3.8) is 0 Å². The van der Waals surface area contributed by atoms with Gasteiger partial charge >= 0.3 is 6.03 Å². The van der Waals surface area contributed by atoms with E-state index >= 15 is 0 Å². The number of methoxy groups -OCH3 is 2. The van der Waals surface area contributed by atoms with Gasteiger partial charge in [-0.05, 0) is 53.9 Å². The molecule has 7 nitrogen and oxygen atoms in total. The van der Waals surface area contributed by atoms with Crippen LogP contribution in [0.3, 0.4) is 0 Å². The van der Waals surface area contributed by atoms with Gasteiger partial charge in [-0.15, -0.1) is 0 Å². The highest BCUT2D eigenvalue weighted by Crippen LogP contribution is 2.25. The van der Waals surface area contributed by atoms with Gasteiger partial charge in [0.25, 0.3) is 0 Å². The number of anilines is 1. The van der Waals surface area contributed by atoms with Crippen molar-refractivity contribution < 1.29 is 19.1 Å². The molecule has 2 aromatic rings. The van der Waals surface area contributed by atoms with Gasteiger partial charge in [0.1, 0.15) is 18.0 Å². The fraction of sp³-hybridized carbons (Fsp3) is 0.364. The molecule has 0 spiro atoms. The number of rotatable bonds is 5. The Morgan fingerprint density at radius 3 is 2.38 bits per heavy atom. The van der Waals surface area contributed by atoms with Gasteiger partial charge in [0.05, 0.1) is 14.2 Å². The summed E-state index contributed by atoms with van der Waals surface area (Å²) in [6, 6.07) is 13.2. The summed E-state index contributed by atoms with van der Waals surface area (Å²) < 4.78 is 10.4. The van der Waals surface area contributed by atoms with Crippen LogP contribution in [0, 0.1) is 0 Å². The third-order valence-electron chi connectivity index (χ3n) is 5.58. The quantitative estimate of drug-likeness (QED) is 0.781. The maximum Gasteiger partial charge on any atom is 0.325 e. The van der Waals surface area contributed by atoms with Crippen LogP contribution in [0.25, 0.3) is 0 Å². The average Bonchev–Trinajstić information content (AvgIpc) is 3.13. The molecule has 4 rings (SSSR count). The van der Waals surface area contributed by atoms with E-state index in [-0.39, 0.29) is 18.5 Å². The highest BCUT2D eigenvalue weighted by atomic mass is 16.5. The second kappa shape index (κ2) is 8.03. The van der Waals surface area contributed by atoms with E-state index in [1.54, 1.807) is 24.0 Å². The summed E-state index contributed by atoms with van der Waals surface area (Å²) in [4.78, 5) is 30.8. The molecule has 0 unspecified atom stereocenters. The van der Waals surface area contributed by atoms with Crippen molar-refractivity contribution in [3.8, 4) is 11.5 Å². The van der Waals surface area contributed by atoms with Crippen molar-refractivity contribution in [2.75, 3.05) is 45.3 Å². The Hall–Kier alpha value is -3.22. The normalized spacial score (nSPS) is 16.1. The van der Waals surface area contributed by atoms with Crippen LogP contribution in [0.5, 0.6) is 11.5 Å². The molecular weight excluding hydrogens is 370 g/mol. The van der Waals surface area contributed by atoms with Crippen LogP contribution < -0.4 is 14.4 Å². The zero-order chi connectivity index (χ0) is 20.4. The van der Waals surface area contributed by atoms with E-state index in [0.29, 0.717) is 26.2 Å². The molecule has 0 aromatic heterocycles. The number of nitrogens with zero attached hydrogens (tertiary/aromatic N) is 3. The minimum Gasteiger partial charge on any atom is -0.497 e. The van der Waals surface area contributed by atoms with Gasteiger partial charge in [0.15, 0.2) is 0 Å². The summed E-state index contributed by atoms with van der Waals surface area (Å²) in [6.07, 6.45) is 0.796. The number of amides is 3. The molecule has 0 saturated carbocycles. The lowest BCUT2D eigenvalue weighted by atomic mass is 9.99. The predicted molar refractivity (Wildman–Crippen MR) is 109 cm³/mol. The molecular formula is C22H25N3O4. The van der Waals surface area contributed by atoms with Crippen LogP contribution in [-0.2, 0) is 17.8 Å². The van der Waals surface area contributed by atoms with Crippen molar-refractivity contribution in [1.29, 1.82) is 0 Å². The molecule has 1 fully saturated rings. The average molecular weight is 395 g/mol. The molecule has 0 aliphatic carbocycles. The third kappa shape index (κ3) is 3.85. The summed E-state index contributed by atoms with van der Waals surface area (Å²) >= 11 is 0. The standard InChI is InChI=1S/C22H25N3O4/c1-28-19-7-4-18(5-8-19)25-12-11-24(22(25)27)15-21(26)23-10-9-16-13-20(29-2)6-3-17(16)14-23/h3-8,13H,9-12,14-15H2,1-2H3. The monoisotopic (exact) mass is 395 g/mol. The van der Waals surface area contributed by atoms with Crippen LogP contribution in [-0.4, -0.2) is 62.1 Å². The Morgan fingerprint density at radius 2 is 1.66 bits per heavy atom. The van der Waals surface area contributed by atoms with Crippen molar-refractivity contribution in [2.24, 2.45) is 0 Å². The largest absolute Gasteiger partial charge is 0.497 e. The van der Waals surface area contributed by atoms with Gasteiger partial charge in [-0.3, -0.25) is 9.69 Å². The molecule has 29 heavy (non-hydrogen) atoms. The highest BCUT2D eigenvalue weighted by Gasteiger charge is 2.32. The van der Waals surface area contributed by atoms with Gasteiger partial charge < -0.3 is 19.3 Å². The lowest BCUT2D eigenvalue weighted by Gasteiger charge is -2.30. The molecule has 0 radical (unpaired) electrons. The Morgan fingerprint density at radius 1 is 0.931 bits per heavy atom. The summed E-state index contributed by atoms with van der Waals surface area (Å²) in [6.45, 7) is 2.45. The first-order valence-corrected chi connectivity index (χ1v) is 9.73. The zero-order valence-corrected chi connectivity index (χ0v) is 16.8. The number of urea groups is 1. The van der Waals surface area contributed by atoms with E-state index in [2.05, 4.69) is 0 Å². The number of carbonyl (C=O) groups excluding carboxylic acids is 2. The predicted octanol–water partition coefficient (Wildman–Crippen LogP) is 2.53. The summed E-state index contributed by atoms with van der Waals surface area (Å²) in [5, 5.41) is 0. The van der Waals surface area contributed by atoms with Gasteiger partial charge in [-0.1, -0.05) is 6.07 Å². The Kier molecular flexibility index (Phi) is 5.29. The molecule has 0 bridgehead atoms. The maximum absolute atomic E-state index is 12.8. The van der Waals surface area contributed by atoms with Crippen molar-refractivity contribution in [3.05, 3.63) is 53.6 Å². The van der Waals surface area contributed by atoms with Gasteiger partial charge in [0.2, 0.25) is 5.91 Å². The van der Waals surface area contributed by atoms with Gasteiger partial charge in [0, 0.05) is 31.9 Å². The molecule has 2 aliphatic rings. The van der Waals surface area contributed by atoms with E-state index in [4.69, 9.17) is 9.47 Å². The SMILES string of the molecule is COc1ccc(N2CCN(CC(=O)N3CCc4cc(OC)ccc4C3)C2=O)cc1. The minimum atomic E-state index is -0.134. The minimum absolute atomic E-state index is 0.0172. The summed E-state index contributed by atoms with van der Waals surface area (Å²) in [5.41, 5.74) is 3.17. The summed E-state index contributed by atoms with van der Waals surface area (Å²) in [5.74, 6) is 1.57. The smallest absolute Gasteiger partial charge is 0.325 e. The van der Waals surface area contributed by atoms with Crippen LogP contribution in [0.4, 0.5) is 10.5 Å². The molecule has 3 amide bonds.